The number of fused-ring (bicyclic) bond motifs is 5. The van der Waals surface area contributed by atoms with Gasteiger partial charge in [0.2, 0.25) is 0 Å². The monoisotopic (exact) mass is 831 g/mol. The Morgan fingerprint density at radius 2 is 1.63 bits per heavy atom. The van der Waals surface area contributed by atoms with Crippen molar-refractivity contribution in [3.63, 3.8) is 0 Å². The molecule has 1 aromatic rings. The van der Waals surface area contributed by atoms with Crippen LogP contribution in [0.3, 0.4) is 0 Å². The van der Waals surface area contributed by atoms with E-state index in [1.807, 2.05) is 6.92 Å². The second-order valence-corrected chi connectivity index (χ2v) is 18.2. The summed E-state index contributed by atoms with van der Waals surface area (Å²) in [6, 6.07) is 6.78. The van der Waals surface area contributed by atoms with Crippen LogP contribution in [0.5, 0.6) is 0 Å². The third-order valence-corrected chi connectivity index (χ3v) is 12.9. The van der Waals surface area contributed by atoms with Gasteiger partial charge in [0.1, 0.15) is 35.6 Å². The number of carbonyl (C=O) groups excluding carboxylic acids is 5. The molecule has 0 aromatic heterocycles. The van der Waals surface area contributed by atoms with Gasteiger partial charge in [0, 0.05) is 37.5 Å². The van der Waals surface area contributed by atoms with Crippen LogP contribution in [0.2, 0.25) is 0 Å². The topological polar surface area (TPSA) is 234 Å². The number of nitrogens with one attached hydrogen (secondary N) is 1. The number of alkyl carbamates (subject to hydrolysis) is 1. The number of ether oxygens (including phenoxy) is 6. The van der Waals surface area contributed by atoms with Gasteiger partial charge in [-0.1, -0.05) is 58.7 Å². The molecule has 5 rings (SSSR count). The van der Waals surface area contributed by atoms with Crippen LogP contribution in [0.15, 0.2) is 41.5 Å². The number of amides is 1. The molecule has 1 aliphatic heterocycles. The summed E-state index contributed by atoms with van der Waals surface area (Å²) in [6.45, 7) is 15.2. The highest BCUT2D eigenvalue weighted by Gasteiger charge is 2.78. The van der Waals surface area contributed by atoms with E-state index in [0.717, 1.165) is 6.92 Å². The third kappa shape index (κ3) is 8.35. The Kier molecular flexibility index (Phi) is 13.1. The van der Waals surface area contributed by atoms with Crippen molar-refractivity contribution in [1.82, 2.24) is 5.32 Å². The fraction of sp³-hybridized carbons (Fsp3) is 0.698. The number of rotatable bonds is 11. The molecule has 1 heterocycles. The maximum absolute atomic E-state index is 14.2. The zero-order chi connectivity index (χ0) is 44.0. The van der Waals surface area contributed by atoms with Gasteiger partial charge in [-0.25, -0.2) is 14.4 Å². The van der Waals surface area contributed by atoms with Gasteiger partial charge in [-0.2, -0.15) is 0 Å². The Bertz CT molecular complexity index is 1810. The van der Waals surface area contributed by atoms with E-state index in [0.29, 0.717) is 12.8 Å². The first-order valence-corrected chi connectivity index (χ1v) is 20.3. The minimum atomic E-state index is -2.33. The van der Waals surface area contributed by atoms with E-state index in [2.05, 4.69) is 5.32 Å². The van der Waals surface area contributed by atoms with E-state index in [9.17, 15) is 44.4 Å². The molecule has 0 spiro atoms. The van der Waals surface area contributed by atoms with Gasteiger partial charge in [0.05, 0.1) is 30.2 Å². The Morgan fingerprint density at radius 1 is 0.983 bits per heavy atom. The Balaban J connectivity index is 1.71. The summed E-state index contributed by atoms with van der Waals surface area (Å²) < 4.78 is 35.7. The fourth-order valence-corrected chi connectivity index (χ4v) is 9.83. The van der Waals surface area contributed by atoms with Crippen molar-refractivity contribution < 1.29 is 72.8 Å². The first-order chi connectivity index (χ1) is 27.3. The van der Waals surface area contributed by atoms with Crippen molar-refractivity contribution in [2.75, 3.05) is 6.61 Å². The number of carbonyl (C=O) groups is 5. The summed E-state index contributed by atoms with van der Waals surface area (Å²) in [6.07, 6.45) is -11.1. The normalized spacial score (nSPS) is 34.5. The molecule has 5 N–H and O–H groups in total. The summed E-state index contributed by atoms with van der Waals surface area (Å²) in [5.41, 5.74) is -7.87. The number of benzene rings is 1. The smallest absolute Gasteiger partial charge is 0.407 e. The molecular formula is C43H61NO15. The highest BCUT2D eigenvalue weighted by molar-refractivity contribution is 5.89. The molecule has 16 heteroatoms. The van der Waals surface area contributed by atoms with Crippen LogP contribution >= 0.6 is 0 Å². The molecule has 1 amide bonds. The lowest BCUT2D eigenvalue weighted by Gasteiger charge is -2.69. The highest BCUT2D eigenvalue weighted by Crippen LogP contribution is 2.65. The number of aliphatic hydroxyl groups is 4. The lowest BCUT2D eigenvalue weighted by Crippen LogP contribution is -2.82. The molecule has 0 radical (unpaired) electrons. The molecule has 16 nitrogen and oxygen atoms in total. The van der Waals surface area contributed by atoms with E-state index >= 15 is 0 Å². The molecule has 1 saturated heterocycles. The van der Waals surface area contributed by atoms with Crippen LogP contribution in [0.4, 0.5) is 4.79 Å². The Morgan fingerprint density at radius 3 is 2.17 bits per heavy atom. The van der Waals surface area contributed by atoms with Crippen molar-refractivity contribution in [3.05, 3.63) is 47.0 Å². The number of esters is 4. The van der Waals surface area contributed by atoms with E-state index in [1.54, 1.807) is 59.7 Å². The van der Waals surface area contributed by atoms with Crippen LogP contribution < -0.4 is 5.32 Å². The summed E-state index contributed by atoms with van der Waals surface area (Å²) >= 11 is 0. The fourth-order valence-electron chi connectivity index (χ4n) is 9.83. The van der Waals surface area contributed by atoms with Crippen LogP contribution in [-0.2, 0) is 42.8 Å². The summed E-state index contributed by atoms with van der Waals surface area (Å²) in [4.78, 5) is 67.0. The number of hydrogen-bond donors (Lipinski definition) is 5. The standard InChI is InChI=1S/C43H61NO15/c1-11-12-18-26(44-38(52)59-39(5,6)7)31(48)37(51)56-27-20-43(53)35(57-36(50)25-16-14-13-15-17-25)33-41(10,28(47)19-29-42(33,21-54-29)58-24(4)46)34(49)32(55-23(3)45)30(22(27)2)40(43,8)9/h13-17,26-29,31-35,47-49,53H,11-12,18-21H2,1-10H3,(H,44,52)/t26-,27-,28-,29?,31+,32+,33-,34-,35-,41+,42-,43+/m0/s1. The zero-order valence-corrected chi connectivity index (χ0v) is 35.6. The predicted octanol–water partition coefficient (Wildman–Crippen LogP) is 3.44. The maximum Gasteiger partial charge on any atom is 0.407 e. The van der Waals surface area contributed by atoms with Crippen LogP contribution in [0.1, 0.15) is 112 Å². The molecular weight excluding hydrogens is 770 g/mol. The predicted molar refractivity (Wildman–Crippen MR) is 208 cm³/mol. The largest absolute Gasteiger partial charge is 0.456 e. The first kappa shape index (κ1) is 46.0. The third-order valence-electron chi connectivity index (χ3n) is 12.9. The van der Waals surface area contributed by atoms with Crippen LogP contribution in [-0.4, -0.2) is 123 Å². The molecule has 328 valence electrons. The first-order valence-electron chi connectivity index (χ1n) is 20.3. The minimum Gasteiger partial charge on any atom is -0.456 e. The van der Waals surface area contributed by atoms with Crippen molar-refractivity contribution >= 4 is 30.0 Å². The summed E-state index contributed by atoms with van der Waals surface area (Å²) in [5, 5.41) is 52.4. The molecule has 1 unspecified atom stereocenters. The van der Waals surface area contributed by atoms with Crippen LogP contribution in [0.25, 0.3) is 0 Å². The SMILES string of the molecule is CCCC[C@H](NC(=O)OC(C)(C)C)[C@@H](O)C(=O)O[C@H]1C[C@@]2(O)[C@@H](OC(=O)c3ccccc3)[C@H]3[C@@](C)([C@@H](O)CC4OC[C@]43OC(C)=O)[C@@H](O)[C@H](OC(C)=O)C(=C1C)C2(C)C. The lowest BCUT2D eigenvalue weighted by atomic mass is 9.44. The average molecular weight is 832 g/mol. The van der Waals surface area contributed by atoms with Gasteiger partial charge in [-0.05, 0) is 57.4 Å². The maximum atomic E-state index is 14.2. The average Bonchev–Trinajstić information content (AvgIpc) is 3.13. The minimum absolute atomic E-state index is 0.0970. The van der Waals surface area contributed by atoms with Gasteiger partial charge < -0.3 is 54.2 Å². The Hall–Kier alpha value is -4.09. The summed E-state index contributed by atoms with van der Waals surface area (Å²) in [7, 11) is 0. The van der Waals surface area contributed by atoms with E-state index in [4.69, 9.17) is 28.4 Å². The Labute approximate surface area is 344 Å². The van der Waals surface area contributed by atoms with Crippen molar-refractivity contribution in [2.45, 2.75) is 167 Å². The summed E-state index contributed by atoms with van der Waals surface area (Å²) in [5.74, 6) is -5.08. The molecule has 3 aliphatic carbocycles. The zero-order valence-electron chi connectivity index (χ0n) is 35.6. The van der Waals surface area contributed by atoms with Gasteiger partial charge in [0.25, 0.3) is 0 Å². The van der Waals surface area contributed by atoms with Gasteiger partial charge in [-0.3, -0.25) is 9.59 Å². The lowest BCUT2D eigenvalue weighted by molar-refractivity contribution is -0.365. The van der Waals surface area contributed by atoms with E-state index in [-0.39, 0.29) is 36.2 Å². The van der Waals surface area contributed by atoms with Crippen molar-refractivity contribution in [3.8, 4) is 0 Å². The second kappa shape index (κ2) is 16.8. The van der Waals surface area contributed by atoms with Crippen LogP contribution in [0, 0.1) is 16.7 Å². The molecule has 4 aliphatic rings. The quantitative estimate of drug-likeness (QED) is 0.122. The van der Waals surface area contributed by atoms with Gasteiger partial charge in [0.15, 0.2) is 17.8 Å². The molecule has 3 fully saturated rings. The number of hydrogen-bond acceptors (Lipinski definition) is 15. The van der Waals surface area contributed by atoms with E-state index < -0.39 is 119 Å². The molecule has 59 heavy (non-hydrogen) atoms. The number of aliphatic hydroxyl groups excluding tert-OH is 3. The number of unbranched alkanes of at least 4 members (excludes halogenated alkanes) is 1. The molecule has 1 aromatic carbocycles. The van der Waals surface area contributed by atoms with Gasteiger partial charge in [-0.15, -0.1) is 0 Å². The van der Waals surface area contributed by atoms with Crippen molar-refractivity contribution in [1.29, 1.82) is 0 Å². The van der Waals surface area contributed by atoms with Crippen molar-refractivity contribution in [2.24, 2.45) is 16.7 Å². The molecule has 2 saturated carbocycles. The highest BCUT2D eigenvalue weighted by atomic mass is 16.6. The van der Waals surface area contributed by atoms with E-state index in [1.165, 1.54) is 26.0 Å². The van der Waals surface area contributed by atoms with Gasteiger partial charge >= 0.3 is 30.0 Å². The molecule has 12 atom stereocenters. The second-order valence-electron chi connectivity index (χ2n) is 18.2. The molecule has 2 bridgehead atoms.